The third-order valence-electron chi connectivity index (χ3n) is 3.13. The maximum Gasteiger partial charge on any atom is 0.278 e. The number of para-hydroxylation sites is 1. The lowest BCUT2D eigenvalue weighted by Crippen LogP contribution is -2.31. The fourth-order valence-corrected chi connectivity index (χ4v) is 1.95. The van der Waals surface area contributed by atoms with Gasteiger partial charge in [-0.05, 0) is 37.1 Å². The zero-order chi connectivity index (χ0) is 14.5. The molecule has 0 spiro atoms. The van der Waals surface area contributed by atoms with E-state index in [2.05, 4.69) is 10.2 Å². The molecule has 20 heavy (non-hydrogen) atoms. The van der Waals surface area contributed by atoms with E-state index in [1.807, 2.05) is 57.2 Å². The normalized spacial score (nSPS) is 10.6. The lowest BCUT2D eigenvalue weighted by molar-refractivity contribution is 0.0982. The Morgan fingerprint density at radius 2 is 1.80 bits per heavy atom. The average Bonchev–Trinajstić information content (AvgIpc) is 2.49. The molecule has 0 aliphatic heterocycles. The first-order valence-corrected chi connectivity index (χ1v) is 6.84. The molecule has 0 unspecified atom stereocenters. The maximum atomic E-state index is 12.5. The molecular weight excluding hydrogens is 250 g/mol. The number of carbonyl (C=O) groups is 1. The number of amides is 1. The summed E-state index contributed by atoms with van der Waals surface area (Å²) in [6.45, 7) is 6.64. The van der Waals surface area contributed by atoms with Crippen molar-refractivity contribution in [2.75, 3.05) is 11.4 Å². The second-order valence-electron chi connectivity index (χ2n) is 4.88. The monoisotopic (exact) mass is 269 g/mol. The highest BCUT2D eigenvalue weighted by Crippen LogP contribution is 2.16. The number of carbonyl (C=O) groups excluding carboxylic acids is 1. The van der Waals surface area contributed by atoms with Crippen molar-refractivity contribution in [1.82, 2.24) is 10.2 Å². The summed E-state index contributed by atoms with van der Waals surface area (Å²) in [5.74, 6) is 0.185. The van der Waals surface area contributed by atoms with Crippen LogP contribution in [0.4, 0.5) is 5.69 Å². The van der Waals surface area contributed by atoms with Gasteiger partial charge in [0.05, 0.1) is 5.69 Å². The predicted molar refractivity (Wildman–Crippen MR) is 79.9 cm³/mol. The predicted octanol–water partition coefficient (Wildman–Crippen LogP) is 3.27. The van der Waals surface area contributed by atoms with E-state index < -0.39 is 0 Å². The fraction of sp³-hybridized carbons (Fsp3) is 0.312. The molecule has 0 atom stereocenters. The first-order chi connectivity index (χ1) is 9.63. The first kappa shape index (κ1) is 14.2. The van der Waals surface area contributed by atoms with Crippen LogP contribution in [0.3, 0.4) is 0 Å². The Morgan fingerprint density at radius 1 is 1.10 bits per heavy atom. The molecule has 1 amide bonds. The minimum atomic E-state index is -0.124. The summed E-state index contributed by atoms with van der Waals surface area (Å²) in [4.78, 5) is 14.2. The van der Waals surface area contributed by atoms with Gasteiger partial charge in [0.1, 0.15) is 0 Å². The van der Waals surface area contributed by atoms with Gasteiger partial charge in [0.15, 0.2) is 5.69 Å². The van der Waals surface area contributed by atoms with Gasteiger partial charge in [0.2, 0.25) is 0 Å². The van der Waals surface area contributed by atoms with Crippen LogP contribution in [0, 0.1) is 0 Å². The van der Waals surface area contributed by atoms with E-state index >= 15 is 0 Å². The second-order valence-corrected chi connectivity index (χ2v) is 4.88. The lowest BCUT2D eigenvalue weighted by Gasteiger charge is -2.20. The number of anilines is 1. The summed E-state index contributed by atoms with van der Waals surface area (Å²) in [5.41, 5.74) is 2.14. The largest absolute Gasteiger partial charge is 0.307 e. The van der Waals surface area contributed by atoms with E-state index in [9.17, 15) is 4.79 Å². The van der Waals surface area contributed by atoms with Crippen molar-refractivity contribution in [1.29, 1.82) is 0 Å². The minimum Gasteiger partial charge on any atom is -0.307 e. The van der Waals surface area contributed by atoms with Gasteiger partial charge in [-0.3, -0.25) is 4.79 Å². The lowest BCUT2D eigenvalue weighted by atomic mass is 10.1. The van der Waals surface area contributed by atoms with E-state index in [4.69, 9.17) is 0 Å². The van der Waals surface area contributed by atoms with Gasteiger partial charge >= 0.3 is 0 Å². The number of hydrogen-bond acceptors (Lipinski definition) is 3. The summed E-state index contributed by atoms with van der Waals surface area (Å²) in [6, 6.07) is 13.2. The van der Waals surface area contributed by atoms with Crippen molar-refractivity contribution in [2.24, 2.45) is 0 Å². The van der Waals surface area contributed by atoms with Crippen molar-refractivity contribution in [2.45, 2.75) is 26.7 Å². The third-order valence-corrected chi connectivity index (χ3v) is 3.13. The van der Waals surface area contributed by atoms with Crippen LogP contribution >= 0.6 is 0 Å². The van der Waals surface area contributed by atoms with Crippen LogP contribution in [0.15, 0.2) is 42.5 Å². The fourth-order valence-electron chi connectivity index (χ4n) is 1.95. The number of benzene rings is 1. The first-order valence-electron chi connectivity index (χ1n) is 6.84. The smallest absolute Gasteiger partial charge is 0.278 e. The van der Waals surface area contributed by atoms with Gasteiger partial charge in [-0.1, -0.05) is 32.0 Å². The molecule has 0 N–H and O–H groups in total. The van der Waals surface area contributed by atoms with Crippen molar-refractivity contribution in [3.63, 3.8) is 0 Å². The van der Waals surface area contributed by atoms with Crippen LogP contribution < -0.4 is 4.90 Å². The molecule has 0 saturated heterocycles. The van der Waals surface area contributed by atoms with Crippen LogP contribution in [0.25, 0.3) is 0 Å². The molecule has 4 nitrogen and oxygen atoms in total. The molecule has 0 bridgehead atoms. The molecule has 2 rings (SSSR count). The molecule has 0 fully saturated rings. The van der Waals surface area contributed by atoms with E-state index in [0.29, 0.717) is 18.2 Å². The number of aromatic nitrogens is 2. The highest BCUT2D eigenvalue weighted by Gasteiger charge is 2.17. The molecule has 1 aromatic heterocycles. The topological polar surface area (TPSA) is 46.1 Å². The summed E-state index contributed by atoms with van der Waals surface area (Å²) < 4.78 is 0. The number of nitrogens with zero attached hydrogens (tertiary/aromatic N) is 3. The number of hydrogen-bond donors (Lipinski definition) is 0. The van der Waals surface area contributed by atoms with Crippen molar-refractivity contribution in [3.05, 3.63) is 53.9 Å². The Morgan fingerprint density at radius 3 is 2.30 bits per heavy atom. The summed E-state index contributed by atoms with van der Waals surface area (Å²) in [5, 5.41) is 8.17. The van der Waals surface area contributed by atoms with Crippen molar-refractivity contribution < 1.29 is 4.79 Å². The molecular formula is C16H19N3O. The summed E-state index contributed by atoms with van der Waals surface area (Å²) >= 11 is 0. The Bertz CT molecular complexity index is 564. The zero-order valence-corrected chi connectivity index (χ0v) is 12.1. The highest BCUT2D eigenvalue weighted by molar-refractivity contribution is 6.04. The highest BCUT2D eigenvalue weighted by atomic mass is 16.2. The summed E-state index contributed by atoms with van der Waals surface area (Å²) in [7, 11) is 0. The number of rotatable bonds is 4. The Labute approximate surface area is 119 Å². The van der Waals surface area contributed by atoms with Gasteiger partial charge in [0.25, 0.3) is 5.91 Å². The Balaban J connectivity index is 2.25. The summed E-state index contributed by atoms with van der Waals surface area (Å²) in [6.07, 6.45) is 0. The SMILES string of the molecule is CCN(C(=O)c1ccc(C(C)C)nn1)c1ccccc1. The van der Waals surface area contributed by atoms with E-state index in [1.165, 1.54) is 0 Å². The molecule has 0 aliphatic rings. The van der Waals surface area contributed by atoms with Gasteiger partial charge < -0.3 is 4.90 Å². The van der Waals surface area contributed by atoms with Crippen LogP contribution in [0.2, 0.25) is 0 Å². The molecule has 1 aromatic carbocycles. The van der Waals surface area contributed by atoms with Gasteiger partial charge in [-0.2, -0.15) is 5.10 Å². The Kier molecular flexibility index (Phi) is 4.45. The molecule has 0 aliphatic carbocycles. The van der Waals surface area contributed by atoms with E-state index in [-0.39, 0.29) is 5.91 Å². The minimum absolute atomic E-state index is 0.124. The van der Waals surface area contributed by atoms with E-state index in [0.717, 1.165) is 11.4 Å². The van der Waals surface area contributed by atoms with E-state index in [1.54, 1.807) is 11.0 Å². The molecule has 104 valence electrons. The van der Waals surface area contributed by atoms with Gasteiger partial charge in [-0.25, -0.2) is 0 Å². The van der Waals surface area contributed by atoms with Crippen molar-refractivity contribution >= 4 is 11.6 Å². The standard InChI is InChI=1S/C16H19N3O/c1-4-19(13-8-6-5-7-9-13)16(20)15-11-10-14(12(2)3)17-18-15/h5-12H,4H2,1-3H3. The van der Waals surface area contributed by atoms with Crippen LogP contribution in [0.1, 0.15) is 42.9 Å². The molecule has 2 aromatic rings. The third kappa shape index (κ3) is 3.02. The molecule has 1 heterocycles. The van der Waals surface area contributed by atoms with Crippen LogP contribution in [-0.4, -0.2) is 22.6 Å². The second kappa shape index (κ2) is 6.28. The molecule has 0 radical (unpaired) electrons. The van der Waals surface area contributed by atoms with Crippen molar-refractivity contribution in [3.8, 4) is 0 Å². The van der Waals surface area contributed by atoms with Gasteiger partial charge in [-0.15, -0.1) is 5.10 Å². The molecule has 4 heteroatoms. The average molecular weight is 269 g/mol. The van der Waals surface area contributed by atoms with Crippen LogP contribution in [0.5, 0.6) is 0 Å². The van der Waals surface area contributed by atoms with Crippen LogP contribution in [-0.2, 0) is 0 Å². The molecule has 0 saturated carbocycles. The van der Waals surface area contributed by atoms with Gasteiger partial charge in [0, 0.05) is 12.2 Å². The quantitative estimate of drug-likeness (QED) is 0.855. The maximum absolute atomic E-state index is 12.5. The zero-order valence-electron chi connectivity index (χ0n) is 12.1. The Hall–Kier alpha value is -2.23.